The van der Waals surface area contributed by atoms with Crippen molar-refractivity contribution in [3.8, 4) is 23.7 Å². The van der Waals surface area contributed by atoms with Crippen molar-refractivity contribution >= 4 is 5.57 Å². The zero-order valence-electron chi connectivity index (χ0n) is 19.2. The molecule has 1 aliphatic carbocycles. The Morgan fingerprint density at radius 1 is 0.750 bits per heavy atom. The minimum Gasteiger partial charge on any atom is -0.0807 e. The molecule has 0 amide bonds. The van der Waals surface area contributed by atoms with Crippen molar-refractivity contribution in [2.75, 3.05) is 0 Å². The summed E-state index contributed by atoms with van der Waals surface area (Å²) in [5.41, 5.74) is 9.54. The predicted molar refractivity (Wildman–Crippen MR) is 136 cm³/mol. The van der Waals surface area contributed by atoms with Crippen LogP contribution in [0.4, 0.5) is 0 Å². The number of aryl methyl sites for hydroxylation is 2. The molecule has 0 saturated carbocycles. The highest BCUT2D eigenvalue weighted by atomic mass is 14.1. The van der Waals surface area contributed by atoms with Crippen molar-refractivity contribution < 1.29 is 0 Å². The van der Waals surface area contributed by atoms with E-state index in [1.807, 2.05) is 0 Å². The summed E-state index contributed by atoms with van der Waals surface area (Å²) in [6.45, 7) is 4.33. The Kier molecular flexibility index (Phi) is 7.27. The molecule has 0 aliphatic heterocycles. The molecule has 0 saturated heterocycles. The summed E-state index contributed by atoms with van der Waals surface area (Å²) in [7, 11) is 0. The fraction of sp³-hybridized carbons (Fsp3) is 0.250. The van der Waals surface area contributed by atoms with Gasteiger partial charge in [0.25, 0.3) is 0 Å². The van der Waals surface area contributed by atoms with Gasteiger partial charge in [-0.25, -0.2) is 0 Å². The van der Waals surface area contributed by atoms with E-state index in [0.29, 0.717) is 0 Å². The largest absolute Gasteiger partial charge is 0.0807 e. The van der Waals surface area contributed by atoms with Crippen LogP contribution in [0.25, 0.3) is 5.57 Å². The highest BCUT2D eigenvalue weighted by molar-refractivity contribution is 5.74. The molecule has 0 fully saturated rings. The maximum Gasteiger partial charge on any atom is 0.0324 e. The van der Waals surface area contributed by atoms with Crippen LogP contribution in [0.3, 0.4) is 0 Å². The van der Waals surface area contributed by atoms with Crippen molar-refractivity contribution in [1.82, 2.24) is 0 Å². The van der Waals surface area contributed by atoms with Crippen LogP contribution in [0.2, 0.25) is 0 Å². The van der Waals surface area contributed by atoms with Gasteiger partial charge in [0, 0.05) is 22.3 Å². The van der Waals surface area contributed by atoms with Crippen molar-refractivity contribution in [2.24, 2.45) is 0 Å². The van der Waals surface area contributed by atoms with Crippen molar-refractivity contribution in [3.63, 3.8) is 0 Å². The minimum atomic E-state index is 1.05. The Balaban J connectivity index is 1.59. The van der Waals surface area contributed by atoms with E-state index in [2.05, 4.69) is 110 Å². The lowest BCUT2D eigenvalue weighted by Gasteiger charge is -2.07. The van der Waals surface area contributed by atoms with Crippen LogP contribution >= 0.6 is 0 Å². The number of benzene rings is 3. The number of allylic oxidation sites excluding steroid dienone is 2. The second-order valence-corrected chi connectivity index (χ2v) is 8.55. The van der Waals surface area contributed by atoms with Gasteiger partial charge in [0.05, 0.1) is 0 Å². The molecular formula is C32H30. The van der Waals surface area contributed by atoms with E-state index in [-0.39, 0.29) is 0 Å². The maximum atomic E-state index is 3.41. The molecule has 0 heteroatoms. The number of hydrogen-bond donors (Lipinski definition) is 0. The summed E-state index contributed by atoms with van der Waals surface area (Å²) in [5.74, 6) is 13.5. The third-order valence-corrected chi connectivity index (χ3v) is 5.92. The number of rotatable bonds is 4. The van der Waals surface area contributed by atoms with Gasteiger partial charge in [0.2, 0.25) is 0 Å². The van der Waals surface area contributed by atoms with Crippen molar-refractivity contribution in [3.05, 3.63) is 112 Å². The van der Waals surface area contributed by atoms with E-state index >= 15 is 0 Å². The normalized spacial score (nSPS) is 12.4. The lowest BCUT2D eigenvalue weighted by Crippen LogP contribution is -1.90. The van der Waals surface area contributed by atoms with E-state index < -0.39 is 0 Å². The second-order valence-electron chi connectivity index (χ2n) is 8.55. The molecule has 3 aromatic rings. The summed E-state index contributed by atoms with van der Waals surface area (Å²) in [6, 6.07) is 23.5. The maximum absolute atomic E-state index is 3.41. The van der Waals surface area contributed by atoms with Crippen LogP contribution in [0.15, 0.2) is 72.8 Å². The van der Waals surface area contributed by atoms with Crippen LogP contribution in [-0.4, -0.2) is 0 Å². The summed E-state index contributed by atoms with van der Waals surface area (Å²) in [5, 5.41) is 0. The monoisotopic (exact) mass is 414 g/mol. The van der Waals surface area contributed by atoms with E-state index in [4.69, 9.17) is 0 Å². The van der Waals surface area contributed by atoms with Gasteiger partial charge in [0.1, 0.15) is 0 Å². The van der Waals surface area contributed by atoms with Gasteiger partial charge in [-0.05, 0) is 98.2 Å². The summed E-state index contributed by atoms with van der Waals surface area (Å²) in [4.78, 5) is 0. The standard InChI is InChI=1S/C32H30/c1-3-4-7-26-14-16-28(17-15-26)18-19-29-21-23-31(32(24-29)30-8-5-6-9-30)22-20-27-12-10-25(2)11-13-27/h8,10-17,21,23-24H,3-7,9H2,1-2H3. The van der Waals surface area contributed by atoms with E-state index in [0.717, 1.165) is 41.5 Å². The van der Waals surface area contributed by atoms with Gasteiger partial charge < -0.3 is 0 Å². The molecule has 0 aromatic heterocycles. The van der Waals surface area contributed by atoms with E-state index in [1.54, 1.807) is 0 Å². The molecule has 0 N–H and O–H groups in total. The summed E-state index contributed by atoms with van der Waals surface area (Å²) >= 11 is 0. The average molecular weight is 415 g/mol. The van der Waals surface area contributed by atoms with Gasteiger partial charge >= 0.3 is 0 Å². The first kappa shape index (κ1) is 21.7. The van der Waals surface area contributed by atoms with Gasteiger partial charge in [-0.1, -0.05) is 72.9 Å². The molecule has 158 valence electrons. The highest BCUT2D eigenvalue weighted by Gasteiger charge is 2.11. The first-order valence-electron chi connectivity index (χ1n) is 11.7. The summed E-state index contributed by atoms with van der Waals surface area (Å²) < 4.78 is 0. The third kappa shape index (κ3) is 5.81. The van der Waals surface area contributed by atoms with E-state index in [9.17, 15) is 0 Å². The molecule has 0 unspecified atom stereocenters. The second kappa shape index (κ2) is 10.7. The molecule has 0 bridgehead atoms. The molecular weight excluding hydrogens is 384 g/mol. The Bertz CT molecular complexity index is 1210. The zero-order valence-corrected chi connectivity index (χ0v) is 19.2. The molecule has 32 heavy (non-hydrogen) atoms. The smallest absolute Gasteiger partial charge is 0.0324 e. The fourth-order valence-corrected chi connectivity index (χ4v) is 3.97. The highest BCUT2D eigenvalue weighted by Crippen LogP contribution is 2.30. The van der Waals surface area contributed by atoms with Gasteiger partial charge in [-0.3, -0.25) is 0 Å². The van der Waals surface area contributed by atoms with Crippen LogP contribution < -0.4 is 0 Å². The predicted octanol–water partition coefficient (Wildman–Crippen LogP) is 7.70. The Hall–Kier alpha value is -3.48. The van der Waals surface area contributed by atoms with Gasteiger partial charge in [-0.2, -0.15) is 0 Å². The molecule has 0 radical (unpaired) electrons. The van der Waals surface area contributed by atoms with Crippen LogP contribution in [0, 0.1) is 30.6 Å². The SMILES string of the molecule is CCCCc1ccc(C#Cc2ccc(C#Cc3ccc(C)cc3)c(C3=CCCC3)c2)cc1. The summed E-state index contributed by atoms with van der Waals surface area (Å²) in [6.07, 6.45) is 9.47. The zero-order chi connectivity index (χ0) is 22.2. The Labute approximate surface area is 193 Å². The quantitative estimate of drug-likeness (QED) is 0.384. The third-order valence-electron chi connectivity index (χ3n) is 5.92. The molecule has 3 aromatic carbocycles. The van der Waals surface area contributed by atoms with Crippen LogP contribution in [0.1, 0.15) is 78.0 Å². The first-order chi connectivity index (χ1) is 15.7. The van der Waals surface area contributed by atoms with E-state index in [1.165, 1.54) is 41.5 Å². The Morgan fingerprint density at radius 3 is 2.09 bits per heavy atom. The van der Waals surface area contributed by atoms with Crippen LogP contribution in [-0.2, 0) is 6.42 Å². The minimum absolute atomic E-state index is 1.05. The Morgan fingerprint density at radius 2 is 1.41 bits per heavy atom. The van der Waals surface area contributed by atoms with Crippen molar-refractivity contribution in [2.45, 2.75) is 52.4 Å². The average Bonchev–Trinajstić information content (AvgIpc) is 3.37. The topological polar surface area (TPSA) is 0 Å². The van der Waals surface area contributed by atoms with Crippen molar-refractivity contribution in [1.29, 1.82) is 0 Å². The molecule has 0 atom stereocenters. The lowest BCUT2D eigenvalue weighted by atomic mass is 9.96. The molecule has 0 nitrogen and oxygen atoms in total. The molecule has 1 aliphatic rings. The fourth-order valence-electron chi connectivity index (χ4n) is 3.97. The van der Waals surface area contributed by atoms with Gasteiger partial charge in [-0.15, -0.1) is 0 Å². The van der Waals surface area contributed by atoms with Gasteiger partial charge in [0.15, 0.2) is 0 Å². The number of unbranched alkanes of at least 4 members (excludes halogenated alkanes) is 1. The molecule has 4 rings (SSSR count). The lowest BCUT2D eigenvalue weighted by molar-refractivity contribution is 0.795. The first-order valence-corrected chi connectivity index (χ1v) is 11.7. The van der Waals surface area contributed by atoms with Crippen LogP contribution in [0.5, 0.6) is 0 Å². The molecule has 0 spiro atoms. The molecule has 0 heterocycles. The number of hydrogen-bond acceptors (Lipinski definition) is 0.